The predicted molar refractivity (Wildman–Crippen MR) is 76.3 cm³/mol. The van der Waals surface area contributed by atoms with Crippen molar-refractivity contribution in [1.82, 2.24) is 5.32 Å². The lowest BCUT2D eigenvalue weighted by molar-refractivity contribution is 0.0467. The quantitative estimate of drug-likeness (QED) is 0.880. The van der Waals surface area contributed by atoms with Crippen LogP contribution in [0.1, 0.15) is 37.7 Å². The van der Waals surface area contributed by atoms with Gasteiger partial charge in [-0.05, 0) is 56.8 Å². The summed E-state index contributed by atoms with van der Waals surface area (Å²) < 4.78 is 5.93. The van der Waals surface area contributed by atoms with Gasteiger partial charge in [-0.2, -0.15) is 0 Å². The lowest BCUT2D eigenvalue weighted by Gasteiger charge is -2.21. The number of ether oxygens (including phenoxy) is 1. The van der Waals surface area contributed by atoms with E-state index in [2.05, 4.69) is 24.4 Å². The van der Waals surface area contributed by atoms with E-state index in [1.54, 1.807) is 0 Å². The van der Waals surface area contributed by atoms with E-state index >= 15 is 0 Å². The van der Waals surface area contributed by atoms with E-state index in [9.17, 15) is 0 Å². The van der Waals surface area contributed by atoms with Crippen LogP contribution in [0.2, 0.25) is 5.02 Å². The molecule has 0 aromatic heterocycles. The maximum atomic E-state index is 5.94. The average Bonchev–Trinajstić information content (AvgIpc) is 2.75. The van der Waals surface area contributed by atoms with Crippen LogP contribution in [0, 0.1) is 0 Å². The van der Waals surface area contributed by atoms with Crippen LogP contribution in [-0.4, -0.2) is 25.8 Å². The maximum absolute atomic E-state index is 5.94. The van der Waals surface area contributed by atoms with Gasteiger partial charge in [-0.25, -0.2) is 0 Å². The first-order valence-electron chi connectivity index (χ1n) is 6.74. The SMILES string of the molecule is CNCC(CC1CCC(C)O1)c1ccc(Cl)cc1. The minimum Gasteiger partial charge on any atom is -0.375 e. The van der Waals surface area contributed by atoms with E-state index in [-0.39, 0.29) is 0 Å². The van der Waals surface area contributed by atoms with E-state index < -0.39 is 0 Å². The molecule has 3 unspecified atom stereocenters. The second-order valence-electron chi connectivity index (χ2n) is 5.19. The number of hydrogen-bond acceptors (Lipinski definition) is 2. The number of rotatable bonds is 5. The van der Waals surface area contributed by atoms with Gasteiger partial charge >= 0.3 is 0 Å². The number of likely N-dealkylation sites (N-methyl/N-ethyl adjacent to an activating group) is 1. The summed E-state index contributed by atoms with van der Waals surface area (Å²) in [5.74, 6) is 0.502. The molecule has 3 heteroatoms. The molecular weight excluding hydrogens is 246 g/mol. The molecule has 3 atom stereocenters. The monoisotopic (exact) mass is 267 g/mol. The number of nitrogens with one attached hydrogen (secondary N) is 1. The van der Waals surface area contributed by atoms with E-state index in [4.69, 9.17) is 16.3 Å². The molecule has 18 heavy (non-hydrogen) atoms. The first-order valence-corrected chi connectivity index (χ1v) is 7.12. The van der Waals surface area contributed by atoms with Crippen LogP contribution in [0.25, 0.3) is 0 Å². The predicted octanol–water partition coefficient (Wildman–Crippen LogP) is 3.60. The molecule has 1 N–H and O–H groups in total. The van der Waals surface area contributed by atoms with Crippen molar-refractivity contribution >= 4 is 11.6 Å². The summed E-state index contributed by atoms with van der Waals surface area (Å²) in [4.78, 5) is 0. The Morgan fingerprint density at radius 2 is 2.06 bits per heavy atom. The second kappa shape index (κ2) is 6.55. The van der Waals surface area contributed by atoms with Crippen molar-refractivity contribution < 1.29 is 4.74 Å². The van der Waals surface area contributed by atoms with E-state index in [1.165, 1.54) is 18.4 Å². The third kappa shape index (κ3) is 3.71. The zero-order chi connectivity index (χ0) is 13.0. The molecule has 0 aliphatic carbocycles. The summed E-state index contributed by atoms with van der Waals surface area (Å²) in [6.07, 6.45) is 4.31. The molecule has 1 fully saturated rings. The minimum absolute atomic E-state index is 0.411. The highest BCUT2D eigenvalue weighted by Crippen LogP contribution is 2.29. The summed E-state index contributed by atoms with van der Waals surface area (Å²) in [6, 6.07) is 8.20. The average molecular weight is 268 g/mol. The highest BCUT2D eigenvalue weighted by Gasteiger charge is 2.25. The van der Waals surface area contributed by atoms with Crippen LogP contribution in [0.4, 0.5) is 0 Å². The smallest absolute Gasteiger partial charge is 0.0586 e. The standard InChI is InChI=1S/C15H22ClNO/c1-11-3-8-15(18-11)9-13(10-17-2)12-4-6-14(16)7-5-12/h4-7,11,13,15,17H,3,8-10H2,1-2H3. The van der Waals surface area contributed by atoms with E-state index in [0.29, 0.717) is 18.1 Å². The first-order chi connectivity index (χ1) is 8.69. The maximum Gasteiger partial charge on any atom is 0.0586 e. The van der Waals surface area contributed by atoms with Gasteiger partial charge in [0.15, 0.2) is 0 Å². The third-order valence-electron chi connectivity index (χ3n) is 3.66. The molecule has 100 valence electrons. The number of benzene rings is 1. The largest absolute Gasteiger partial charge is 0.375 e. The molecule has 0 amide bonds. The molecule has 2 nitrogen and oxygen atoms in total. The van der Waals surface area contributed by atoms with Crippen molar-refractivity contribution in [1.29, 1.82) is 0 Å². The summed E-state index contributed by atoms with van der Waals surface area (Å²) in [5.41, 5.74) is 1.34. The third-order valence-corrected chi connectivity index (χ3v) is 3.91. The summed E-state index contributed by atoms with van der Waals surface area (Å²) >= 11 is 5.94. The number of hydrogen-bond donors (Lipinski definition) is 1. The van der Waals surface area contributed by atoms with Crippen molar-refractivity contribution in [3.8, 4) is 0 Å². The van der Waals surface area contributed by atoms with Crippen LogP contribution in [0.3, 0.4) is 0 Å². The van der Waals surface area contributed by atoms with Crippen LogP contribution < -0.4 is 5.32 Å². The van der Waals surface area contributed by atoms with E-state index in [1.807, 2.05) is 19.2 Å². The molecule has 1 aromatic rings. The molecule has 1 aliphatic rings. The van der Waals surface area contributed by atoms with Gasteiger partial charge in [-0.15, -0.1) is 0 Å². The molecule has 0 spiro atoms. The van der Waals surface area contributed by atoms with Gasteiger partial charge in [0, 0.05) is 11.6 Å². The Labute approximate surface area is 115 Å². The van der Waals surface area contributed by atoms with Crippen LogP contribution in [0.5, 0.6) is 0 Å². The fourth-order valence-corrected chi connectivity index (χ4v) is 2.82. The summed E-state index contributed by atoms with van der Waals surface area (Å²) in [5, 5.41) is 4.08. The highest BCUT2D eigenvalue weighted by atomic mass is 35.5. The van der Waals surface area contributed by atoms with Crippen molar-refractivity contribution in [3.05, 3.63) is 34.9 Å². The van der Waals surface area contributed by atoms with Gasteiger partial charge in [-0.3, -0.25) is 0 Å². The van der Waals surface area contributed by atoms with Gasteiger partial charge in [0.25, 0.3) is 0 Å². The van der Waals surface area contributed by atoms with Gasteiger partial charge in [-0.1, -0.05) is 23.7 Å². The fourth-order valence-electron chi connectivity index (χ4n) is 2.69. The molecule has 1 aliphatic heterocycles. The molecule has 2 rings (SSSR count). The Morgan fingerprint density at radius 3 is 2.61 bits per heavy atom. The van der Waals surface area contributed by atoms with Crippen molar-refractivity contribution in [2.75, 3.05) is 13.6 Å². The topological polar surface area (TPSA) is 21.3 Å². The minimum atomic E-state index is 0.411. The molecule has 0 radical (unpaired) electrons. The van der Waals surface area contributed by atoms with Gasteiger partial charge in [0.05, 0.1) is 12.2 Å². The zero-order valence-electron chi connectivity index (χ0n) is 11.2. The van der Waals surface area contributed by atoms with Crippen molar-refractivity contribution in [2.45, 2.75) is 44.3 Å². The van der Waals surface area contributed by atoms with Gasteiger partial charge < -0.3 is 10.1 Å². The van der Waals surface area contributed by atoms with Crippen LogP contribution in [0.15, 0.2) is 24.3 Å². The van der Waals surface area contributed by atoms with Crippen molar-refractivity contribution in [2.24, 2.45) is 0 Å². The van der Waals surface area contributed by atoms with Crippen LogP contribution >= 0.6 is 11.6 Å². The van der Waals surface area contributed by atoms with Gasteiger partial charge in [0.1, 0.15) is 0 Å². The van der Waals surface area contributed by atoms with Crippen molar-refractivity contribution in [3.63, 3.8) is 0 Å². The Hall–Kier alpha value is -0.570. The normalized spacial score (nSPS) is 25.3. The Morgan fingerprint density at radius 1 is 1.33 bits per heavy atom. The molecular formula is C15H22ClNO. The summed E-state index contributed by atoms with van der Waals surface area (Å²) in [7, 11) is 2.00. The zero-order valence-corrected chi connectivity index (χ0v) is 11.9. The van der Waals surface area contributed by atoms with E-state index in [0.717, 1.165) is 18.0 Å². The lowest BCUT2D eigenvalue weighted by atomic mass is 9.92. The Kier molecular flexibility index (Phi) is 5.04. The molecule has 1 aromatic carbocycles. The molecule has 0 saturated carbocycles. The second-order valence-corrected chi connectivity index (χ2v) is 5.62. The first kappa shape index (κ1) is 13.9. The highest BCUT2D eigenvalue weighted by molar-refractivity contribution is 6.30. The fraction of sp³-hybridized carbons (Fsp3) is 0.600. The molecule has 1 saturated heterocycles. The lowest BCUT2D eigenvalue weighted by Crippen LogP contribution is -2.22. The molecule has 0 bridgehead atoms. The summed E-state index contributed by atoms with van der Waals surface area (Å²) in [6.45, 7) is 3.14. The Bertz CT molecular complexity index is 365. The molecule has 1 heterocycles. The Balaban J connectivity index is 2.01. The van der Waals surface area contributed by atoms with Crippen LogP contribution in [-0.2, 0) is 4.74 Å². The van der Waals surface area contributed by atoms with Gasteiger partial charge in [0.2, 0.25) is 0 Å². The number of halogens is 1.